The number of carbonyl (C=O) groups is 1. The Morgan fingerprint density at radius 2 is 2.43 bits per heavy atom. The molecule has 0 radical (unpaired) electrons. The second-order valence-corrected chi connectivity index (χ2v) is 4.90. The van der Waals surface area contributed by atoms with E-state index in [2.05, 4.69) is 11.5 Å². The molecule has 1 saturated heterocycles. The molecule has 4 heteroatoms. The predicted octanol–water partition coefficient (Wildman–Crippen LogP) is 1.45. The molecular weight excluding hydrogens is 198 g/mol. The lowest BCUT2D eigenvalue weighted by Crippen LogP contribution is -2.44. The maximum atomic E-state index is 10.6. The maximum Gasteiger partial charge on any atom is 0.304 e. The van der Waals surface area contributed by atoms with Crippen LogP contribution in [0.2, 0.25) is 0 Å². The van der Waals surface area contributed by atoms with Crippen molar-refractivity contribution in [1.29, 1.82) is 0 Å². The fraction of sp³-hybridized carbons (Fsp3) is 0.700. The molecule has 0 spiro atoms. The molecule has 0 saturated carbocycles. The zero-order chi connectivity index (χ0) is 10.6. The Balaban J connectivity index is 2.49. The van der Waals surface area contributed by atoms with Crippen LogP contribution in [0.1, 0.15) is 13.3 Å². The lowest BCUT2D eigenvalue weighted by Gasteiger charge is -2.34. The summed E-state index contributed by atoms with van der Waals surface area (Å²) in [6.45, 7) is 7.67. The Labute approximate surface area is 89.2 Å². The minimum atomic E-state index is -0.704. The predicted molar refractivity (Wildman–Crippen MR) is 59.8 cm³/mol. The van der Waals surface area contributed by atoms with Crippen LogP contribution < -0.4 is 0 Å². The first-order valence-corrected chi connectivity index (χ1v) is 5.93. The largest absolute Gasteiger partial charge is 0.481 e. The molecule has 80 valence electrons. The molecule has 1 aliphatic rings. The van der Waals surface area contributed by atoms with Gasteiger partial charge in [-0.15, -0.1) is 0 Å². The monoisotopic (exact) mass is 215 g/mol. The third kappa shape index (κ3) is 3.72. The Morgan fingerprint density at radius 1 is 1.71 bits per heavy atom. The van der Waals surface area contributed by atoms with Gasteiger partial charge in [0.05, 0.1) is 6.42 Å². The second kappa shape index (κ2) is 5.41. The average Bonchev–Trinajstić information content (AvgIpc) is 2.06. The summed E-state index contributed by atoms with van der Waals surface area (Å²) >= 11 is 1.84. The Kier molecular flexibility index (Phi) is 4.48. The van der Waals surface area contributed by atoms with Gasteiger partial charge in [-0.3, -0.25) is 9.69 Å². The van der Waals surface area contributed by atoms with Gasteiger partial charge in [0.2, 0.25) is 0 Å². The van der Waals surface area contributed by atoms with E-state index in [4.69, 9.17) is 5.11 Å². The van der Waals surface area contributed by atoms with Gasteiger partial charge in [0.25, 0.3) is 0 Å². The summed E-state index contributed by atoms with van der Waals surface area (Å²) in [7, 11) is 0. The van der Waals surface area contributed by atoms with E-state index in [9.17, 15) is 4.79 Å². The van der Waals surface area contributed by atoms with Crippen LogP contribution >= 0.6 is 11.8 Å². The first-order chi connectivity index (χ1) is 6.59. The molecule has 0 aromatic carbocycles. The highest BCUT2D eigenvalue weighted by molar-refractivity contribution is 7.99. The van der Waals surface area contributed by atoms with Crippen LogP contribution in [0.5, 0.6) is 0 Å². The molecule has 1 fully saturated rings. The summed E-state index contributed by atoms with van der Waals surface area (Å²) in [6.07, 6.45) is 0.250. The number of thioether (sulfide) groups is 1. The third-order valence-electron chi connectivity index (χ3n) is 2.23. The highest BCUT2D eigenvalue weighted by atomic mass is 32.2. The van der Waals surface area contributed by atoms with Crippen molar-refractivity contribution in [3.05, 3.63) is 12.2 Å². The summed E-state index contributed by atoms with van der Waals surface area (Å²) in [5.41, 5.74) is 1.10. The molecule has 1 heterocycles. The average molecular weight is 215 g/mol. The van der Waals surface area contributed by atoms with Gasteiger partial charge in [0, 0.05) is 30.6 Å². The number of aliphatic carboxylic acids is 1. The van der Waals surface area contributed by atoms with Crippen LogP contribution in [0, 0.1) is 0 Å². The summed E-state index contributed by atoms with van der Waals surface area (Å²) in [5.74, 6) is 1.33. The number of hydrogen-bond acceptors (Lipinski definition) is 3. The molecule has 0 amide bonds. The van der Waals surface area contributed by atoms with Crippen molar-refractivity contribution < 1.29 is 9.90 Å². The fourth-order valence-electron chi connectivity index (χ4n) is 1.63. The number of rotatable bonds is 4. The molecule has 14 heavy (non-hydrogen) atoms. The van der Waals surface area contributed by atoms with Crippen LogP contribution in [0.4, 0.5) is 0 Å². The number of carboxylic acid groups (broad SMARTS) is 1. The van der Waals surface area contributed by atoms with Gasteiger partial charge >= 0.3 is 5.97 Å². The highest BCUT2D eigenvalue weighted by Gasteiger charge is 2.24. The lowest BCUT2D eigenvalue weighted by molar-refractivity contribution is -0.138. The first-order valence-electron chi connectivity index (χ1n) is 4.77. The number of hydrogen-bond donors (Lipinski definition) is 1. The normalized spacial score (nSPS) is 23.4. The summed E-state index contributed by atoms with van der Waals surface area (Å²) in [4.78, 5) is 12.9. The van der Waals surface area contributed by atoms with E-state index < -0.39 is 5.97 Å². The van der Waals surface area contributed by atoms with E-state index in [1.807, 2.05) is 18.7 Å². The molecule has 3 nitrogen and oxygen atoms in total. The zero-order valence-corrected chi connectivity index (χ0v) is 9.35. The molecule has 0 aliphatic carbocycles. The van der Waals surface area contributed by atoms with Crippen molar-refractivity contribution in [2.24, 2.45) is 0 Å². The van der Waals surface area contributed by atoms with Crippen molar-refractivity contribution in [3.8, 4) is 0 Å². The van der Waals surface area contributed by atoms with Crippen LogP contribution in [0.3, 0.4) is 0 Å². The zero-order valence-electron chi connectivity index (χ0n) is 8.53. The summed E-state index contributed by atoms with van der Waals surface area (Å²) in [5, 5.41) is 8.76. The van der Waals surface area contributed by atoms with Crippen LogP contribution in [-0.4, -0.2) is 46.6 Å². The van der Waals surface area contributed by atoms with E-state index in [0.717, 1.165) is 30.2 Å². The minimum Gasteiger partial charge on any atom is -0.481 e. The SMILES string of the molecule is C=C(C)CN1CCSCC1CC(=O)O. The standard InChI is InChI=1S/C10H17NO2S/c1-8(2)6-11-3-4-14-7-9(11)5-10(12)13/h9H,1,3-7H2,2H3,(H,12,13). The second-order valence-electron chi connectivity index (χ2n) is 3.75. The van der Waals surface area contributed by atoms with Gasteiger partial charge in [-0.25, -0.2) is 0 Å². The van der Waals surface area contributed by atoms with E-state index in [-0.39, 0.29) is 12.5 Å². The van der Waals surface area contributed by atoms with Gasteiger partial charge in [-0.2, -0.15) is 11.8 Å². The first kappa shape index (κ1) is 11.6. The Bertz CT molecular complexity index is 206. The highest BCUT2D eigenvalue weighted by Crippen LogP contribution is 2.19. The molecular formula is C10H17NO2S. The minimum absolute atomic E-state index is 0.183. The Hall–Kier alpha value is -0.480. The van der Waals surface area contributed by atoms with Crippen molar-refractivity contribution in [2.75, 3.05) is 24.6 Å². The van der Waals surface area contributed by atoms with Crippen molar-refractivity contribution in [1.82, 2.24) is 4.90 Å². The van der Waals surface area contributed by atoms with E-state index in [1.54, 1.807) is 0 Å². The van der Waals surface area contributed by atoms with Gasteiger partial charge in [-0.05, 0) is 6.92 Å². The van der Waals surface area contributed by atoms with E-state index in [1.165, 1.54) is 0 Å². The molecule has 0 bridgehead atoms. The number of carboxylic acids is 1. The molecule has 1 rings (SSSR count). The van der Waals surface area contributed by atoms with Crippen molar-refractivity contribution >= 4 is 17.7 Å². The van der Waals surface area contributed by atoms with Gasteiger partial charge < -0.3 is 5.11 Å². The lowest BCUT2D eigenvalue weighted by atomic mass is 10.1. The molecule has 1 atom stereocenters. The quantitative estimate of drug-likeness (QED) is 0.721. The van der Waals surface area contributed by atoms with Gasteiger partial charge in [0.15, 0.2) is 0 Å². The topological polar surface area (TPSA) is 40.5 Å². The van der Waals surface area contributed by atoms with E-state index in [0.29, 0.717) is 0 Å². The molecule has 0 aromatic rings. The smallest absolute Gasteiger partial charge is 0.304 e. The maximum absolute atomic E-state index is 10.6. The summed E-state index contributed by atoms with van der Waals surface area (Å²) < 4.78 is 0. The fourth-order valence-corrected chi connectivity index (χ4v) is 2.76. The molecule has 1 N–H and O–H groups in total. The molecule has 1 unspecified atom stereocenters. The van der Waals surface area contributed by atoms with Crippen LogP contribution in [-0.2, 0) is 4.79 Å². The third-order valence-corrected chi connectivity index (χ3v) is 3.32. The number of nitrogens with zero attached hydrogens (tertiary/aromatic N) is 1. The van der Waals surface area contributed by atoms with Gasteiger partial charge in [-0.1, -0.05) is 12.2 Å². The van der Waals surface area contributed by atoms with Gasteiger partial charge in [0.1, 0.15) is 0 Å². The summed E-state index contributed by atoms with van der Waals surface area (Å²) in [6, 6.07) is 0.183. The van der Waals surface area contributed by atoms with E-state index >= 15 is 0 Å². The van der Waals surface area contributed by atoms with Crippen molar-refractivity contribution in [3.63, 3.8) is 0 Å². The molecule has 1 aliphatic heterocycles. The van der Waals surface area contributed by atoms with Crippen LogP contribution in [0.15, 0.2) is 12.2 Å². The van der Waals surface area contributed by atoms with Crippen LogP contribution in [0.25, 0.3) is 0 Å². The Morgan fingerprint density at radius 3 is 3.00 bits per heavy atom. The van der Waals surface area contributed by atoms with Crippen molar-refractivity contribution in [2.45, 2.75) is 19.4 Å². The molecule has 0 aromatic heterocycles.